The molecule has 198 valence electrons. The highest BCUT2D eigenvalue weighted by Gasteiger charge is 2.42. The molecule has 3 fully saturated rings. The number of carbonyl (C=O) groups excluding carboxylic acids is 2. The highest BCUT2D eigenvalue weighted by molar-refractivity contribution is 5.97. The number of hydrogen-bond donors (Lipinski definition) is 2. The molecule has 1 unspecified atom stereocenters. The highest BCUT2D eigenvalue weighted by Crippen LogP contribution is 2.35. The maximum atomic E-state index is 13.7. The summed E-state index contributed by atoms with van der Waals surface area (Å²) in [5, 5.41) is 3.31. The van der Waals surface area contributed by atoms with E-state index in [-0.39, 0.29) is 29.9 Å². The van der Waals surface area contributed by atoms with Crippen LogP contribution in [0.5, 0.6) is 0 Å². The van der Waals surface area contributed by atoms with Gasteiger partial charge in [-0.15, -0.1) is 0 Å². The van der Waals surface area contributed by atoms with E-state index in [1.54, 1.807) is 0 Å². The molecule has 6 heteroatoms. The number of rotatable bonds is 7. The molecular formula is C31H42N4O2. The summed E-state index contributed by atoms with van der Waals surface area (Å²) in [6.07, 6.45) is 7.71. The molecule has 2 aromatic rings. The standard InChI is InChI=1S/C31H42N4O2/c1-21-3-7-23(8-4-21)20-35(27-15-16-27)28-17-18-34(31(37)24-9-5-22(2)6-10-24)29(19-28)30(36)33-26-13-11-25(32)12-14-26/h3-10,25-29H,11-20,32H2,1-2H3,(H,33,36)/t25?,26?,28?,29-/m1/s1. The van der Waals surface area contributed by atoms with Crippen LogP contribution in [0.25, 0.3) is 0 Å². The van der Waals surface area contributed by atoms with Crippen molar-refractivity contribution in [3.63, 3.8) is 0 Å². The molecule has 1 saturated heterocycles. The number of amides is 2. The Labute approximate surface area is 221 Å². The zero-order valence-corrected chi connectivity index (χ0v) is 22.4. The van der Waals surface area contributed by atoms with Crippen molar-refractivity contribution in [1.29, 1.82) is 0 Å². The summed E-state index contributed by atoms with van der Waals surface area (Å²) in [5.74, 6) is -0.0440. The fraction of sp³-hybridized carbons (Fsp3) is 0.548. The Morgan fingerprint density at radius 2 is 1.49 bits per heavy atom. The van der Waals surface area contributed by atoms with Gasteiger partial charge in [0, 0.05) is 42.8 Å². The Morgan fingerprint density at radius 1 is 0.865 bits per heavy atom. The lowest BCUT2D eigenvalue weighted by atomic mass is 9.90. The van der Waals surface area contributed by atoms with Gasteiger partial charge in [0.1, 0.15) is 6.04 Å². The van der Waals surface area contributed by atoms with Gasteiger partial charge in [0.2, 0.25) is 5.91 Å². The van der Waals surface area contributed by atoms with Gasteiger partial charge in [-0.05, 0) is 82.9 Å². The Bertz CT molecular complexity index is 1070. The van der Waals surface area contributed by atoms with Crippen LogP contribution in [0, 0.1) is 13.8 Å². The molecule has 2 atom stereocenters. The first kappa shape index (κ1) is 25.9. The Kier molecular flexibility index (Phi) is 7.96. The third-order valence-electron chi connectivity index (χ3n) is 8.53. The average Bonchev–Trinajstić information content (AvgIpc) is 3.75. The number of aryl methyl sites for hydroxylation is 2. The summed E-state index contributed by atoms with van der Waals surface area (Å²) in [5.41, 5.74) is 10.5. The SMILES string of the molecule is Cc1ccc(CN(C2CC2)C2CCN(C(=O)c3ccc(C)cc3)[C@@H](C(=O)NC3CCC(N)CC3)C2)cc1. The first-order valence-electron chi connectivity index (χ1n) is 14.1. The lowest BCUT2D eigenvalue weighted by Crippen LogP contribution is -2.58. The molecule has 0 bridgehead atoms. The maximum Gasteiger partial charge on any atom is 0.254 e. The van der Waals surface area contributed by atoms with Crippen LogP contribution >= 0.6 is 0 Å². The van der Waals surface area contributed by atoms with E-state index in [0.717, 1.165) is 44.2 Å². The molecule has 1 aliphatic heterocycles. The topological polar surface area (TPSA) is 78.7 Å². The summed E-state index contributed by atoms with van der Waals surface area (Å²) in [6.45, 7) is 5.64. The summed E-state index contributed by atoms with van der Waals surface area (Å²) in [6, 6.07) is 17.3. The van der Waals surface area contributed by atoms with Crippen LogP contribution in [0.15, 0.2) is 48.5 Å². The van der Waals surface area contributed by atoms with E-state index in [0.29, 0.717) is 24.6 Å². The van der Waals surface area contributed by atoms with Crippen LogP contribution in [0.1, 0.15) is 78.4 Å². The quantitative estimate of drug-likeness (QED) is 0.591. The van der Waals surface area contributed by atoms with Crippen LogP contribution in [-0.2, 0) is 11.3 Å². The first-order chi connectivity index (χ1) is 17.9. The lowest BCUT2D eigenvalue weighted by Gasteiger charge is -2.43. The number of nitrogens with one attached hydrogen (secondary N) is 1. The molecule has 1 heterocycles. The van der Waals surface area contributed by atoms with Crippen molar-refractivity contribution in [2.45, 2.75) is 102 Å². The number of carbonyl (C=O) groups is 2. The molecule has 5 rings (SSSR count). The van der Waals surface area contributed by atoms with Gasteiger partial charge in [-0.25, -0.2) is 0 Å². The predicted octanol–water partition coefficient (Wildman–Crippen LogP) is 4.33. The maximum absolute atomic E-state index is 13.7. The third kappa shape index (κ3) is 6.42. The number of benzene rings is 2. The Balaban J connectivity index is 1.34. The van der Waals surface area contributed by atoms with Gasteiger partial charge < -0.3 is 16.0 Å². The summed E-state index contributed by atoms with van der Waals surface area (Å²) >= 11 is 0. The zero-order chi connectivity index (χ0) is 25.9. The van der Waals surface area contributed by atoms with E-state index >= 15 is 0 Å². The Hall–Kier alpha value is -2.70. The molecule has 2 amide bonds. The predicted molar refractivity (Wildman–Crippen MR) is 147 cm³/mol. The number of nitrogens with zero attached hydrogens (tertiary/aromatic N) is 2. The first-order valence-corrected chi connectivity index (χ1v) is 14.1. The van der Waals surface area contributed by atoms with Gasteiger partial charge in [-0.3, -0.25) is 14.5 Å². The van der Waals surface area contributed by atoms with Gasteiger partial charge in [-0.2, -0.15) is 0 Å². The van der Waals surface area contributed by atoms with E-state index in [4.69, 9.17) is 5.73 Å². The molecule has 2 aromatic carbocycles. The van der Waals surface area contributed by atoms with Crippen molar-refractivity contribution in [2.75, 3.05) is 6.54 Å². The number of nitrogens with two attached hydrogens (primary N) is 1. The normalized spacial score (nSPS) is 26.2. The van der Waals surface area contributed by atoms with Crippen molar-refractivity contribution < 1.29 is 9.59 Å². The van der Waals surface area contributed by atoms with Crippen LogP contribution in [-0.4, -0.2) is 58.4 Å². The monoisotopic (exact) mass is 502 g/mol. The fourth-order valence-corrected chi connectivity index (χ4v) is 6.03. The highest BCUT2D eigenvalue weighted by atomic mass is 16.2. The molecule has 0 spiro atoms. The number of hydrogen-bond acceptors (Lipinski definition) is 4. The number of piperidine rings is 1. The molecule has 6 nitrogen and oxygen atoms in total. The van der Waals surface area contributed by atoms with Crippen molar-refractivity contribution in [2.24, 2.45) is 5.73 Å². The molecule has 37 heavy (non-hydrogen) atoms. The van der Waals surface area contributed by atoms with Gasteiger partial charge in [0.05, 0.1) is 0 Å². The molecule has 3 aliphatic rings. The second kappa shape index (κ2) is 11.4. The largest absolute Gasteiger partial charge is 0.352 e. The molecule has 0 radical (unpaired) electrons. The van der Waals surface area contributed by atoms with E-state index in [9.17, 15) is 9.59 Å². The Morgan fingerprint density at radius 3 is 2.11 bits per heavy atom. The van der Waals surface area contributed by atoms with Gasteiger partial charge in [-0.1, -0.05) is 47.5 Å². The minimum Gasteiger partial charge on any atom is -0.352 e. The van der Waals surface area contributed by atoms with Crippen LogP contribution in [0.4, 0.5) is 0 Å². The van der Waals surface area contributed by atoms with E-state index < -0.39 is 6.04 Å². The van der Waals surface area contributed by atoms with E-state index in [1.165, 1.54) is 24.0 Å². The third-order valence-corrected chi connectivity index (χ3v) is 8.53. The van der Waals surface area contributed by atoms with E-state index in [1.807, 2.05) is 36.1 Å². The van der Waals surface area contributed by atoms with Gasteiger partial charge in [0.25, 0.3) is 5.91 Å². The van der Waals surface area contributed by atoms with Crippen molar-refractivity contribution >= 4 is 11.8 Å². The summed E-state index contributed by atoms with van der Waals surface area (Å²) in [4.78, 5) is 31.8. The van der Waals surface area contributed by atoms with Gasteiger partial charge in [0.15, 0.2) is 0 Å². The molecular weight excluding hydrogens is 460 g/mol. The minimum absolute atomic E-state index is 0.00304. The zero-order valence-electron chi connectivity index (χ0n) is 22.4. The van der Waals surface area contributed by atoms with Crippen molar-refractivity contribution in [3.05, 3.63) is 70.8 Å². The fourth-order valence-electron chi connectivity index (χ4n) is 6.03. The van der Waals surface area contributed by atoms with Crippen LogP contribution in [0.3, 0.4) is 0 Å². The van der Waals surface area contributed by atoms with Crippen LogP contribution in [0.2, 0.25) is 0 Å². The molecule has 0 aromatic heterocycles. The number of likely N-dealkylation sites (tertiary alicyclic amines) is 1. The molecule has 3 N–H and O–H groups in total. The van der Waals surface area contributed by atoms with Crippen LogP contribution < -0.4 is 11.1 Å². The second-order valence-corrected chi connectivity index (χ2v) is 11.6. The van der Waals surface area contributed by atoms with Gasteiger partial charge >= 0.3 is 0 Å². The minimum atomic E-state index is -0.456. The molecule has 2 aliphatic carbocycles. The lowest BCUT2D eigenvalue weighted by molar-refractivity contribution is -0.128. The smallest absolute Gasteiger partial charge is 0.254 e. The van der Waals surface area contributed by atoms with E-state index in [2.05, 4.69) is 41.4 Å². The average molecular weight is 503 g/mol. The second-order valence-electron chi connectivity index (χ2n) is 11.6. The summed E-state index contributed by atoms with van der Waals surface area (Å²) in [7, 11) is 0. The summed E-state index contributed by atoms with van der Waals surface area (Å²) < 4.78 is 0. The van der Waals surface area contributed by atoms with Crippen molar-refractivity contribution in [1.82, 2.24) is 15.1 Å². The molecule has 2 saturated carbocycles. The van der Waals surface area contributed by atoms with Crippen molar-refractivity contribution in [3.8, 4) is 0 Å².